The first-order valence-electron chi connectivity index (χ1n) is 15.0. The molecule has 3 aromatic rings. The Hall–Kier alpha value is -3.29. The van der Waals surface area contributed by atoms with Crippen LogP contribution < -0.4 is 14.4 Å². The van der Waals surface area contributed by atoms with Crippen LogP contribution in [-0.2, 0) is 16.2 Å². The molecule has 3 aromatic carbocycles. The Balaban J connectivity index is 1.57. The van der Waals surface area contributed by atoms with Gasteiger partial charge in [0, 0.05) is 35.0 Å². The lowest BCUT2D eigenvalue weighted by Crippen LogP contribution is -2.58. The van der Waals surface area contributed by atoms with Crippen LogP contribution in [0.4, 0.5) is 10.5 Å². The largest absolute Gasteiger partial charge is 0.497 e. The molecule has 226 valence electrons. The molecule has 0 saturated carbocycles. The average molecular weight is 575 g/mol. The molecule has 2 aliphatic rings. The van der Waals surface area contributed by atoms with E-state index in [4.69, 9.17) is 19.0 Å². The second-order valence-electron chi connectivity index (χ2n) is 13.8. The van der Waals surface area contributed by atoms with Gasteiger partial charge in [0.1, 0.15) is 23.7 Å². The highest BCUT2D eigenvalue weighted by atomic mass is 16.7. The van der Waals surface area contributed by atoms with Crippen molar-refractivity contribution in [3.05, 3.63) is 65.7 Å². The number of hydrogen-bond acceptors (Lipinski definition) is 6. The third-order valence-electron chi connectivity index (χ3n) is 8.36. The summed E-state index contributed by atoms with van der Waals surface area (Å²) in [6, 6.07) is 18.1. The predicted octanol–water partition coefficient (Wildman–Crippen LogP) is 8.24. The molecule has 1 unspecified atom stereocenters. The van der Waals surface area contributed by atoms with E-state index in [2.05, 4.69) is 32.8 Å². The maximum Gasteiger partial charge on any atom is 0.414 e. The number of anilines is 1. The highest BCUT2D eigenvalue weighted by Crippen LogP contribution is 2.47. The van der Waals surface area contributed by atoms with E-state index in [-0.39, 0.29) is 23.1 Å². The Morgan fingerprint density at radius 1 is 0.952 bits per heavy atom. The van der Waals surface area contributed by atoms with Crippen molar-refractivity contribution in [2.45, 2.75) is 96.9 Å². The molecular formula is C35H46N2O5. The maximum atomic E-state index is 13.6. The van der Waals surface area contributed by atoms with E-state index in [1.54, 1.807) is 12.0 Å². The van der Waals surface area contributed by atoms with Gasteiger partial charge in [-0.1, -0.05) is 30.3 Å². The van der Waals surface area contributed by atoms with Crippen LogP contribution in [0.1, 0.15) is 84.8 Å². The molecule has 7 nitrogen and oxygen atoms in total. The topological polar surface area (TPSA) is 60.5 Å². The quantitative estimate of drug-likeness (QED) is 0.283. The highest BCUT2D eigenvalue weighted by molar-refractivity contribution is 6.02. The number of carbonyl (C=O) groups excluding carboxylic acids is 1. The Morgan fingerprint density at radius 2 is 1.64 bits per heavy atom. The van der Waals surface area contributed by atoms with Crippen molar-refractivity contribution in [1.82, 2.24) is 5.06 Å². The highest BCUT2D eigenvalue weighted by Gasteiger charge is 2.44. The first kappa shape index (κ1) is 30.2. The molecule has 0 radical (unpaired) electrons. The summed E-state index contributed by atoms with van der Waals surface area (Å²) in [5, 5.41) is 4.16. The first-order chi connectivity index (χ1) is 19.8. The number of carbonyl (C=O) groups is 1. The predicted molar refractivity (Wildman–Crippen MR) is 167 cm³/mol. The molecule has 2 aliphatic heterocycles. The minimum atomic E-state index is -0.625. The number of benzene rings is 3. The monoisotopic (exact) mass is 574 g/mol. The lowest BCUT2D eigenvalue weighted by Gasteiger charge is -2.51. The van der Waals surface area contributed by atoms with Gasteiger partial charge in [-0.25, -0.2) is 4.79 Å². The van der Waals surface area contributed by atoms with Crippen LogP contribution in [0.25, 0.3) is 10.8 Å². The number of piperidine rings is 1. The van der Waals surface area contributed by atoms with Crippen molar-refractivity contribution < 1.29 is 23.8 Å². The zero-order valence-corrected chi connectivity index (χ0v) is 26.5. The summed E-state index contributed by atoms with van der Waals surface area (Å²) in [5.41, 5.74) is 2.11. The van der Waals surface area contributed by atoms with Crippen LogP contribution in [0.2, 0.25) is 0 Å². The summed E-state index contributed by atoms with van der Waals surface area (Å²) in [6.45, 7) is 16.0. The van der Waals surface area contributed by atoms with Crippen LogP contribution in [-0.4, -0.2) is 48.1 Å². The maximum absolute atomic E-state index is 13.6. The fraction of sp³-hybridized carbons (Fsp3) is 0.514. The van der Waals surface area contributed by atoms with Crippen LogP contribution >= 0.6 is 0 Å². The van der Waals surface area contributed by atoms with Crippen molar-refractivity contribution in [2.24, 2.45) is 0 Å². The molecule has 7 heteroatoms. The minimum absolute atomic E-state index is 0.0705. The number of hydroxylamine groups is 2. The first-order valence-corrected chi connectivity index (χ1v) is 15.0. The molecule has 2 heterocycles. The number of nitrogens with zero attached hydrogens (tertiary/aromatic N) is 2. The SMILES string of the molecule is COc1ccc2c(OCc3ccccc3)cc3c(c2c1)C(CON1C(C)(C)CCCC1(C)C)CN3C(=O)OC(C)(C)C. The summed E-state index contributed by atoms with van der Waals surface area (Å²) in [7, 11) is 1.67. The van der Waals surface area contributed by atoms with Gasteiger partial charge in [0.05, 0.1) is 19.4 Å². The zero-order valence-electron chi connectivity index (χ0n) is 26.5. The molecular weight excluding hydrogens is 528 g/mol. The van der Waals surface area contributed by atoms with Crippen molar-refractivity contribution in [3.63, 3.8) is 0 Å². The molecule has 0 aromatic heterocycles. The van der Waals surface area contributed by atoms with E-state index in [0.717, 1.165) is 46.2 Å². The number of hydrogen-bond donors (Lipinski definition) is 0. The van der Waals surface area contributed by atoms with Crippen molar-refractivity contribution in [1.29, 1.82) is 0 Å². The summed E-state index contributed by atoms with van der Waals surface area (Å²) < 4.78 is 18.0. The molecule has 0 aliphatic carbocycles. The summed E-state index contributed by atoms with van der Waals surface area (Å²) in [4.78, 5) is 22.1. The van der Waals surface area contributed by atoms with E-state index < -0.39 is 5.60 Å². The Kier molecular flexibility index (Phi) is 8.20. The lowest BCUT2D eigenvalue weighted by atomic mass is 9.82. The van der Waals surface area contributed by atoms with Gasteiger partial charge < -0.3 is 14.2 Å². The number of methoxy groups -OCH3 is 1. The minimum Gasteiger partial charge on any atom is -0.497 e. The summed E-state index contributed by atoms with van der Waals surface area (Å²) in [5.74, 6) is 1.39. The second kappa shape index (κ2) is 11.4. The fourth-order valence-electron chi connectivity index (χ4n) is 6.54. The van der Waals surface area contributed by atoms with Crippen LogP contribution in [0.15, 0.2) is 54.6 Å². The van der Waals surface area contributed by atoms with E-state index >= 15 is 0 Å². The van der Waals surface area contributed by atoms with Crippen LogP contribution in [0, 0.1) is 0 Å². The summed E-state index contributed by atoms with van der Waals surface area (Å²) in [6.07, 6.45) is 2.95. The number of rotatable bonds is 7. The van der Waals surface area contributed by atoms with Crippen LogP contribution in [0.3, 0.4) is 0 Å². The fourth-order valence-corrected chi connectivity index (χ4v) is 6.54. The Bertz CT molecular complexity index is 1410. The molecule has 1 saturated heterocycles. The van der Waals surface area contributed by atoms with Gasteiger partial charge in [0.15, 0.2) is 0 Å². The van der Waals surface area contributed by atoms with Crippen LogP contribution in [0.5, 0.6) is 11.5 Å². The molecule has 0 N–H and O–H groups in total. The number of fused-ring (bicyclic) bond motifs is 3. The Morgan fingerprint density at radius 3 is 2.29 bits per heavy atom. The molecule has 1 amide bonds. The zero-order chi connectivity index (χ0) is 30.3. The van der Waals surface area contributed by atoms with Crippen molar-refractivity contribution in [2.75, 3.05) is 25.2 Å². The molecule has 42 heavy (non-hydrogen) atoms. The number of amides is 1. The van der Waals surface area contributed by atoms with Gasteiger partial charge in [-0.2, -0.15) is 5.06 Å². The third kappa shape index (κ3) is 6.23. The smallest absolute Gasteiger partial charge is 0.414 e. The summed E-state index contributed by atoms with van der Waals surface area (Å²) >= 11 is 0. The van der Waals surface area contributed by atoms with Gasteiger partial charge in [-0.05, 0) is 102 Å². The average Bonchev–Trinajstić information content (AvgIpc) is 3.29. The van der Waals surface area contributed by atoms with E-state index in [0.29, 0.717) is 25.5 Å². The molecule has 1 atom stereocenters. The van der Waals surface area contributed by atoms with E-state index in [1.807, 2.05) is 75.4 Å². The van der Waals surface area contributed by atoms with Crippen molar-refractivity contribution in [3.8, 4) is 11.5 Å². The second-order valence-corrected chi connectivity index (χ2v) is 13.8. The Labute approximate surface area is 250 Å². The van der Waals surface area contributed by atoms with E-state index in [9.17, 15) is 4.79 Å². The van der Waals surface area contributed by atoms with Gasteiger partial charge >= 0.3 is 6.09 Å². The van der Waals surface area contributed by atoms with Crippen molar-refractivity contribution >= 4 is 22.6 Å². The number of ether oxygens (including phenoxy) is 3. The van der Waals surface area contributed by atoms with Gasteiger partial charge in [0.2, 0.25) is 0 Å². The molecule has 0 bridgehead atoms. The van der Waals surface area contributed by atoms with Gasteiger partial charge in [-0.3, -0.25) is 9.74 Å². The van der Waals surface area contributed by atoms with Gasteiger partial charge in [-0.15, -0.1) is 0 Å². The van der Waals surface area contributed by atoms with E-state index in [1.165, 1.54) is 6.42 Å². The normalized spacial score (nSPS) is 19.9. The lowest BCUT2D eigenvalue weighted by molar-refractivity contribution is -0.282. The molecule has 1 fully saturated rings. The molecule has 0 spiro atoms. The third-order valence-corrected chi connectivity index (χ3v) is 8.36. The standard InChI is InChI=1S/C35H46N2O5/c1-33(2,3)42-32(38)36-21-25(23-41-37-34(4,5)17-12-18-35(37,6)7)31-28-19-26(39-8)15-16-27(28)30(20-29(31)36)40-22-24-13-10-9-11-14-24/h9-11,13-16,19-20,25H,12,17-18,21-23H2,1-8H3. The molecule has 5 rings (SSSR count). The van der Waals surface area contributed by atoms with Gasteiger partial charge in [0.25, 0.3) is 0 Å².